The van der Waals surface area contributed by atoms with Gasteiger partial charge in [-0.1, -0.05) is 5.16 Å². The summed E-state index contributed by atoms with van der Waals surface area (Å²) < 4.78 is 7.85. The second-order valence-corrected chi connectivity index (χ2v) is 9.14. The number of piperazine rings is 1. The van der Waals surface area contributed by atoms with Crippen molar-refractivity contribution in [3.05, 3.63) is 42.6 Å². The SMILES string of the molecule is Cc1nn(CN2CCN(Cc3ccc(Br)s3)CC2)c(=O)c2noc(C)c12. The van der Waals surface area contributed by atoms with Gasteiger partial charge in [0, 0.05) is 37.6 Å². The number of aromatic nitrogens is 3. The molecule has 3 aromatic rings. The highest BCUT2D eigenvalue weighted by atomic mass is 79.9. The number of hydrogen-bond donors (Lipinski definition) is 0. The maximum absolute atomic E-state index is 12.6. The summed E-state index contributed by atoms with van der Waals surface area (Å²) >= 11 is 5.30. The van der Waals surface area contributed by atoms with E-state index in [1.54, 1.807) is 18.3 Å². The number of aryl methyl sites for hydroxylation is 2. The van der Waals surface area contributed by atoms with E-state index in [1.165, 1.54) is 13.3 Å². The zero-order chi connectivity index (χ0) is 18.3. The summed E-state index contributed by atoms with van der Waals surface area (Å²) in [6.45, 7) is 8.94. The molecule has 0 bridgehead atoms. The van der Waals surface area contributed by atoms with E-state index in [0.29, 0.717) is 17.9 Å². The quantitative estimate of drug-likeness (QED) is 0.624. The highest BCUT2D eigenvalue weighted by Gasteiger charge is 2.20. The molecular formula is C17H20BrN5O2S. The Labute approximate surface area is 163 Å². The van der Waals surface area contributed by atoms with Gasteiger partial charge in [-0.25, -0.2) is 4.68 Å². The molecule has 1 aliphatic rings. The minimum absolute atomic E-state index is 0.187. The molecule has 0 atom stereocenters. The minimum atomic E-state index is -0.187. The number of hydrogen-bond acceptors (Lipinski definition) is 7. The lowest BCUT2D eigenvalue weighted by atomic mass is 10.2. The fraction of sp³-hybridized carbons (Fsp3) is 0.471. The first-order valence-electron chi connectivity index (χ1n) is 8.54. The molecule has 0 aliphatic carbocycles. The topological polar surface area (TPSA) is 67.4 Å². The lowest BCUT2D eigenvalue weighted by Crippen LogP contribution is -2.47. The molecule has 9 heteroatoms. The van der Waals surface area contributed by atoms with Gasteiger partial charge in [-0.2, -0.15) is 5.10 Å². The van der Waals surface area contributed by atoms with E-state index >= 15 is 0 Å². The monoisotopic (exact) mass is 437 g/mol. The average Bonchev–Trinajstić information content (AvgIpc) is 3.20. The Bertz CT molecular complexity index is 987. The summed E-state index contributed by atoms with van der Waals surface area (Å²) in [6.07, 6.45) is 0. The molecule has 1 fully saturated rings. The number of rotatable bonds is 4. The second kappa shape index (κ2) is 7.22. The summed E-state index contributed by atoms with van der Waals surface area (Å²) in [7, 11) is 0. The van der Waals surface area contributed by atoms with Crippen LogP contribution in [0.2, 0.25) is 0 Å². The minimum Gasteiger partial charge on any atom is -0.360 e. The average molecular weight is 438 g/mol. The smallest absolute Gasteiger partial charge is 0.298 e. The Balaban J connectivity index is 1.42. The molecule has 26 heavy (non-hydrogen) atoms. The third kappa shape index (κ3) is 3.48. The van der Waals surface area contributed by atoms with Crippen molar-refractivity contribution >= 4 is 38.2 Å². The van der Waals surface area contributed by atoms with Gasteiger partial charge in [-0.15, -0.1) is 11.3 Å². The van der Waals surface area contributed by atoms with Gasteiger partial charge in [0.25, 0.3) is 5.56 Å². The van der Waals surface area contributed by atoms with Crippen LogP contribution in [0, 0.1) is 13.8 Å². The van der Waals surface area contributed by atoms with Gasteiger partial charge in [-0.3, -0.25) is 14.6 Å². The van der Waals surface area contributed by atoms with E-state index in [4.69, 9.17) is 4.52 Å². The van der Waals surface area contributed by atoms with E-state index in [1.807, 2.05) is 6.92 Å². The van der Waals surface area contributed by atoms with Gasteiger partial charge >= 0.3 is 0 Å². The number of thiophene rings is 1. The summed E-state index contributed by atoms with van der Waals surface area (Å²) in [5.41, 5.74) is 0.963. The zero-order valence-corrected chi connectivity index (χ0v) is 17.1. The normalized spacial score (nSPS) is 16.6. The Morgan fingerprint density at radius 3 is 2.62 bits per heavy atom. The van der Waals surface area contributed by atoms with Crippen molar-refractivity contribution in [2.75, 3.05) is 26.2 Å². The van der Waals surface area contributed by atoms with Crippen LogP contribution in [0.15, 0.2) is 25.2 Å². The molecule has 0 N–H and O–H groups in total. The predicted molar refractivity (Wildman–Crippen MR) is 104 cm³/mol. The molecule has 1 saturated heterocycles. The zero-order valence-electron chi connectivity index (χ0n) is 14.7. The number of nitrogens with zero attached hydrogens (tertiary/aromatic N) is 5. The summed E-state index contributed by atoms with van der Waals surface area (Å²) in [5, 5.41) is 9.11. The molecule has 0 saturated carbocycles. The highest BCUT2D eigenvalue weighted by molar-refractivity contribution is 9.11. The summed E-state index contributed by atoms with van der Waals surface area (Å²) in [6, 6.07) is 4.26. The van der Waals surface area contributed by atoms with Crippen molar-refractivity contribution in [2.45, 2.75) is 27.1 Å². The molecular weight excluding hydrogens is 418 g/mol. The second-order valence-electron chi connectivity index (χ2n) is 6.59. The molecule has 4 rings (SSSR count). The largest absolute Gasteiger partial charge is 0.360 e. The standard InChI is InChI=1S/C17H20BrN5O2S/c1-11-15-12(2)25-20-16(15)17(24)23(19-11)10-22-7-5-21(6-8-22)9-13-3-4-14(18)26-13/h3-4H,5-10H2,1-2H3. The summed E-state index contributed by atoms with van der Waals surface area (Å²) in [5.74, 6) is 0.642. The maximum Gasteiger partial charge on any atom is 0.298 e. The first kappa shape index (κ1) is 17.8. The Hall–Kier alpha value is -1.55. The van der Waals surface area contributed by atoms with Crippen molar-refractivity contribution in [2.24, 2.45) is 0 Å². The fourth-order valence-electron chi connectivity index (χ4n) is 3.37. The Kier molecular flexibility index (Phi) is 4.96. The molecule has 1 aliphatic heterocycles. The van der Waals surface area contributed by atoms with Crippen molar-refractivity contribution in [3.8, 4) is 0 Å². The van der Waals surface area contributed by atoms with Crippen LogP contribution >= 0.6 is 27.3 Å². The van der Waals surface area contributed by atoms with E-state index in [9.17, 15) is 4.79 Å². The third-order valence-electron chi connectivity index (χ3n) is 4.74. The van der Waals surface area contributed by atoms with Crippen molar-refractivity contribution in [1.82, 2.24) is 24.7 Å². The van der Waals surface area contributed by atoms with Crippen LogP contribution in [-0.2, 0) is 13.2 Å². The summed E-state index contributed by atoms with van der Waals surface area (Å²) in [4.78, 5) is 18.7. The molecule has 138 valence electrons. The van der Waals surface area contributed by atoms with Crippen LogP contribution in [0.3, 0.4) is 0 Å². The maximum atomic E-state index is 12.6. The van der Waals surface area contributed by atoms with E-state index < -0.39 is 0 Å². The van der Waals surface area contributed by atoms with Gasteiger partial charge in [-0.05, 0) is 41.9 Å². The van der Waals surface area contributed by atoms with Crippen molar-refractivity contribution < 1.29 is 4.52 Å². The van der Waals surface area contributed by atoms with Gasteiger partial charge in [0.15, 0.2) is 5.52 Å². The van der Waals surface area contributed by atoms with Crippen LogP contribution in [0.25, 0.3) is 10.9 Å². The van der Waals surface area contributed by atoms with Crippen LogP contribution < -0.4 is 5.56 Å². The molecule has 0 aromatic carbocycles. The number of fused-ring (bicyclic) bond motifs is 1. The lowest BCUT2D eigenvalue weighted by molar-refractivity contribution is 0.0976. The van der Waals surface area contributed by atoms with Crippen LogP contribution in [0.1, 0.15) is 16.3 Å². The van der Waals surface area contributed by atoms with Gasteiger partial charge < -0.3 is 4.52 Å². The van der Waals surface area contributed by atoms with Gasteiger partial charge in [0.05, 0.1) is 21.5 Å². The van der Waals surface area contributed by atoms with E-state index in [0.717, 1.165) is 43.8 Å². The third-order valence-corrected chi connectivity index (χ3v) is 6.35. The van der Waals surface area contributed by atoms with Crippen LogP contribution in [0.4, 0.5) is 0 Å². The fourth-order valence-corrected chi connectivity index (χ4v) is 4.90. The molecule has 0 unspecified atom stereocenters. The van der Waals surface area contributed by atoms with Gasteiger partial charge in [0.1, 0.15) is 5.76 Å². The van der Waals surface area contributed by atoms with Gasteiger partial charge in [0.2, 0.25) is 0 Å². The van der Waals surface area contributed by atoms with Crippen LogP contribution in [-0.4, -0.2) is 50.9 Å². The molecule has 4 heterocycles. The lowest BCUT2D eigenvalue weighted by Gasteiger charge is -2.34. The molecule has 3 aromatic heterocycles. The van der Waals surface area contributed by atoms with E-state index in [2.05, 4.69) is 48.1 Å². The van der Waals surface area contributed by atoms with Crippen molar-refractivity contribution in [3.63, 3.8) is 0 Å². The van der Waals surface area contributed by atoms with Crippen LogP contribution in [0.5, 0.6) is 0 Å². The highest BCUT2D eigenvalue weighted by Crippen LogP contribution is 2.23. The first-order valence-corrected chi connectivity index (χ1v) is 10.1. The number of halogens is 1. The molecule has 0 spiro atoms. The molecule has 7 nitrogen and oxygen atoms in total. The van der Waals surface area contributed by atoms with Crippen molar-refractivity contribution in [1.29, 1.82) is 0 Å². The molecule has 0 radical (unpaired) electrons. The Morgan fingerprint density at radius 1 is 1.19 bits per heavy atom. The van der Waals surface area contributed by atoms with E-state index in [-0.39, 0.29) is 5.56 Å². The first-order chi connectivity index (χ1) is 12.5. The Morgan fingerprint density at radius 2 is 1.92 bits per heavy atom. The predicted octanol–water partition coefficient (Wildman–Crippen LogP) is 2.60. The molecule has 0 amide bonds.